The van der Waals surface area contributed by atoms with Crippen LogP contribution in [-0.2, 0) is 11.2 Å². The molecule has 0 radical (unpaired) electrons. The molecule has 24 heavy (non-hydrogen) atoms. The number of likely N-dealkylation sites (N-methyl/N-ethyl adjacent to an activating group) is 1. The summed E-state index contributed by atoms with van der Waals surface area (Å²) in [5, 5.41) is 6.67. The fourth-order valence-electron chi connectivity index (χ4n) is 3.02. The monoisotopic (exact) mass is 336 g/mol. The number of guanidine groups is 1. The molecule has 1 heterocycles. The molecule has 1 aromatic carbocycles. The Morgan fingerprint density at radius 2 is 1.96 bits per heavy atom. The van der Waals surface area contributed by atoms with E-state index in [2.05, 4.69) is 34.6 Å². The first kappa shape index (κ1) is 18.7. The van der Waals surface area contributed by atoms with E-state index in [4.69, 9.17) is 4.74 Å². The van der Waals surface area contributed by atoms with Crippen LogP contribution >= 0.6 is 0 Å². The molecule has 1 aliphatic rings. The van der Waals surface area contributed by atoms with Gasteiger partial charge in [-0.3, -0.25) is 4.99 Å². The summed E-state index contributed by atoms with van der Waals surface area (Å²) < 4.78 is 19.1. The van der Waals surface area contributed by atoms with E-state index in [0.29, 0.717) is 13.0 Å². The van der Waals surface area contributed by atoms with Crippen molar-refractivity contribution in [2.75, 3.05) is 47.4 Å². The Hall–Kier alpha value is -1.66. The van der Waals surface area contributed by atoms with Crippen LogP contribution in [0.15, 0.2) is 29.3 Å². The van der Waals surface area contributed by atoms with E-state index in [1.165, 1.54) is 6.07 Å². The molecule has 2 rings (SSSR count). The second-order valence-corrected chi connectivity index (χ2v) is 6.43. The molecule has 2 N–H and O–H groups in total. The van der Waals surface area contributed by atoms with Crippen LogP contribution in [-0.4, -0.2) is 63.8 Å². The van der Waals surface area contributed by atoms with Gasteiger partial charge in [0.25, 0.3) is 0 Å². The van der Waals surface area contributed by atoms with E-state index < -0.39 is 0 Å². The van der Waals surface area contributed by atoms with Crippen molar-refractivity contribution < 1.29 is 9.13 Å². The van der Waals surface area contributed by atoms with Crippen molar-refractivity contribution >= 4 is 5.96 Å². The highest BCUT2D eigenvalue weighted by atomic mass is 19.1. The maximum atomic E-state index is 13.6. The van der Waals surface area contributed by atoms with Crippen LogP contribution in [0.2, 0.25) is 0 Å². The highest BCUT2D eigenvalue weighted by Gasteiger charge is 2.34. The largest absolute Gasteiger partial charge is 0.381 e. The van der Waals surface area contributed by atoms with Gasteiger partial charge in [0, 0.05) is 38.9 Å². The fraction of sp³-hybridized carbons (Fsp3) is 0.611. The average Bonchev–Trinajstić information content (AvgIpc) is 2.60. The van der Waals surface area contributed by atoms with Gasteiger partial charge >= 0.3 is 0 Å². The molecule has 0 spiro atoms. The number of ether oxygens (including phenoxy) is 1. The zero-order valence-corrected chi connectivity index (χ0v) is 14.9. The Morgan fingerprint density at radius 1 is 1.25 bits per heavy atom. The quantitative estimate of drug-likeness (QED) is 0.613. The molecule has 0 aliphatic carbocycles. The molecule has 1 fully saturated rings. The lowest BCUT2D eigenvalue weighted by Gasteiger charge is -2.43. The number of aliphatic imine (C=N–C) groups is 1. The van der Waals surface area contributed by atoms with Gasteiger partial charge in [0.2, 0.25) is 0 Å². The summed E-state index contributed by atoms with van der Waals surface area (Å²) in [6.07, 6.45) is 2.62. The van der Waals surface area contributed by atoms with Crippen molar-refractivity contribution in [3.05, 3.63) is 35.6 Å². The van der Waals surface area contributed by atoms with Crippen LogP contribution in [0, 0.1) is 5.82 Å². The molecule has 1 aromatic rings. The van der Waals surface area contributed by atoms with Crippen LogP contribution in [0.4, 0.5) is 4.39 Å². The van der Waals surface area contributed by atoms with E-state index in [1.807, 2.05) is 12.1 Å². The number of hydrogen-bond donors (Lipinski definition) is 2. The van der Waals surface area contributed by atoms with Crippen LogP contribution in [0.25, 0.3) is 0 Å². The number of benzene rings is 1. The third kappa shape index (κ3) is 4.92. The minimum Gasteiger partial charge on any atom is -0.381 e. The Labute approximate surface area is 144 Å². The number of nitrogens with zero attached hydrogens (tertiary/aromatic N) is 2. The van der Waals surface area contributed by atoms with E-state index in [9.17, 15) is 4.39 Å². The van der Waals surface area contributed by atoms with Crippen molar-refractivity contribution in [2.24, 2.45) is 4.99 Å². The highest BCUT2D eigenvalue weighted by Crippen LogP contribution is 2.24. The van der Waals surface area contributed by atoms with Gasteiger partial charge in [0.15, 0.2) is 5.96 Å². The summed E-state index contributed by atoms with van der Waals surface area (Å²) >= 11 is 0. The van der Waals surface area contributed by atoms with Gasteiger partial charge in [-0.15, -0.1) is 0 Å². The second kappa shape index (κ2) is 8.99. The second-order valence-electron chi connectivity index (χ2n) is 6.43. The maximum absolute atomic E-state index is 13.6. The van der Waals surface area contributed by atoms with E-state index in [0.717, 1.165) is 44.1 Å². The number of nitrogens with one attached hydrogen (secondary N) is 2. The summed E-state index contributed by atoms with van der Waals surface area (Å²) in [6, 6.07) is 6.88. The zero-order valence-electron chi connectivity index (χ0n) is 14.9. The van der Waals surface area contributed by atoms with Gasteiger partial charge in [-0.2, -0.15) is 0 Å². The number of rotatable bonds is 6. The summed E-state index contributed by atoms with van der Waals surface area (Å²) in [7, 11) is 5.98. The van der Waals surface area contributed by atoms with Crippen molar-refractivity contribution in [3.8, 4) is 0 Å². The molecule has 6 heteroatoms. The fourth-order valence-corrected chi connectivity index (χ4v) is 3.02. The summed E-state index contributed by atoms with van der Waals surface area (Å²) in [5.41, 5.74) is 0.802. The Bertz CT molecular complexity index is 542. The van der Waals surface area contributed by atoms with Crippen LogP contribution < -0.4 is 10.6 Å². The van der Waals surface area contributed by atoms with Crippen molar-refractivity contribution in [1.82, 2.24) is 15.5 Å². The zero-order chi connectivity index (χ0) is 17.4. The van der Waals surface area contributed by atoms with E-state index >= 15 is 0 Å². The summed E-state index contributed by atoms with van der Waals surface area (Å²) in [5.74, 6) is 0.593. The van der Waals surface area contributed by atoms with E-state index in [-0.39, 0.29) is 11.4 Å². The standard InChI is InChI=1S/C18H29FN4O/c1-20-17(21-11-8-15-6-4-5-7-16(15)19)22-14-18(23(2)3)9-12-24-13-10-18/h4-7H,8-14H2,1-3H3,(H2,20,21,22). The first-order chi connectivity index (χ1) is 11.6. The molecule has 1 saturated heterocycles. The topological polar surface area (TPSA) is 48.9 Å². The Balaban J connectivity index is 1.82. The lowest BCUT2D eigenvalue weighted by atomic mass is 9.88. The molecule has 0 saturated carbocycles. The molecule has 5 nitrogen and oxygen atoms in total. The molecule has 0 atom stereocenters. The minimum atomic E-state index is -0.156. The van der Waals surface area contributed by atoms with Crippen molar-refractivity contribution in [3.63, 3.8) is 0 Å². The maximum Gasteiger partial charge on any atom is 0.191 e. The molecule has 134 valence electrons. The first-order valence-corrected chi connectivity index (χ1v) is 8.50. The van der Waals surface area contributed by atoms with Crippen LogP contribution in [0.1, 0.15) is 18.4 Å². The summed E-state index contributed by atoms with van der Waals surface area (Å²) in [6.45, 7) is 3.03. The molecule has 0 bridgehead atoms. The number of halogens is 1. The van der Waals surface area contributed by atoms with E-state index in [1.54, 1.807) is 13.1 Å². The Kier molecular flexibility index (Phi) is 6.99. The lowest BCUT2D eigenvalue weighted by molar-refractivity contribution is -0.00500. The molecule has 0 aromatic heterocycles. The first-order valence-electron chi connectivity index (χ1n) is 8.50. The third-order valence-corrected chi connectivity index (χ3v) is 4.83. The minimum absolute atomic E-state index is 0.0847. The average molecular weight is 336 g/mol. The molecule has 1 aliphatic heterocycles. The van der Waals surface area contributed by atoms with Gasteiger partial charge < -0.3 is 20.3 Å². The van der Waals surface area contributed by atoms with Crippen molar-refractivity contribution in [2.45, 2.75) is 24.8 Å². The summed E-state index contributed by atoms with van der Waals surface area (Å²) in [4.78, 5) is 6.54. The van der Waals surface area contributed by atoms with Crippen LogP contribution in [0.5, 0.6) is 0 Å². The van der Waals surface area contributed by atoms with Gasteiger partial charge in [-0.05, 0) is 45.0 Å². The predicted octanol–water partition coefficient (Wildman–Crippen LogP) is 1.64. The van der Waals surface area contributed by atoms with Gasteiger partial charge in [-0.1, -0.05) is 18.2 Å². The predicted molar refractivity (Wildman–Crippen MR) is 95.9 cm³/mol. The Morgan fingerprint density at radius 3 is 2.58 bits per heavy atom. The third-order valence-electron chi connectivity index (χ3n) is 4.83. The SMILES string of the molecule is CN=C(NCCc1ccccc1F)NCC1(N(C)C)CCOCC1. The number of hydrogen-bond acceptors (Lipinski definition) is 3. The van der Waals surface area contributed by atoms with Gasteiger partial charge in [0.05, 0.1) is 0 Å². The smallest absolute Gasteiger partial charge is 0.191 e. The lowest BCUT2D eigenvalue weighted by Crippen LogP contribution is -2.57. The van der Waals surface area contributed by atoms with Gasteiger partial charge in [0.1, 0.15) is 5.82 Å². The molecular formula is C18H29FN4O. The molecule has 0 amide bonds. The van der Waals surface area contributed by atoms with Crippen LogP contribution in [0.3, 0.4) is 0 Å². The molecular weight excluding hydrogens is 307 g/mol. The van der Waals surface area contributed by atoms with Gasteiger partial charge in [-0.25, -0.2) is 4.39 Å². The highest BCUT2D eigenvalue weighted by molar-refractivity contribution is 5.79. The normalized spacial score (nSPS) is 17.8. The van der Waals surface area contributed by atoms with Crippen molar-refractivity contribution in [1.29, 1.82) is 0 Å². The molecule has 0 unspecified atom stereocenters.